The van der Waals surface area contributed by atoms with Crippen LogP contribution in [0.2, 0.25) is 0 Å². The minimum Gasteiger partial charge on any atom is -0.282 e. The van der Waals surface area contributed by atoms with E-state index in [2.05, 4.69) is 11.2 Å². The minimum absolute atomic E-state index is 0.0744. The van der Waals surface area contributed by atoms with E-state index in [0.29, 0.717) is 11.5 Å². The van der Waals surface area contributed by atoms with Gasteiger partial charge in [-0.1, -0.05) is 45.4 Å². The standard InChI is InChI=1S/C12H21NO5S/c1-2-3-4-5-6-7-8-10-9-11(14)13(12(10)15)18-19(16)17/h10H,2-9H2,1H3,(H,16,17). The average Bonchev–Trinajstić information content (AvgIpc) is 2.61. The van der Waals surface area contributed by atoms with Crippen LogP contribution >= 0.6 is 0 Å². The Morgan fingerprint density at radius 3 is 2.53 bits per heavy atom. The zero-order valence-corrected chi connectivity index (χ0v) is 12.0. The molecular weight excluding hydrogens is 270 g/mol. The SMILES string of the molecule is CCCCCCCCC1CC(=O)N(OS(=O)O)C1=O. The minimum atomic E-state index is -2.64. The summed E-state index contributed by atoms with van der Waals surface area (Å²) in [4.78, 5) is 23.2. The molecule has 1 aliphatic rings. The summed E-state index contributed by atoms with van der Waals surface area (Å²) in [7, 11) is 0. The Morgan fingerprint density at radius 2 is 1.89 bits per heavy atom. The van der Waals surface area contributed by atoms with E-state index < -0.39 is 29.1 Å². The predicted octanol–water partition coefficient (Wildman–Crippen LogP) is 2.18. The third kappa shape index (κ3) is 5.38. The highest BCUT2D eigenvalue weighted by atomic mass is 32.2. The van der Waals surface area contributed by atoms with Gasteiger partial charge in [0.25, 0.3) is 11.8 Å². The molecule has 7 heteroatoms. The molecule has 6 nitrogen and oxygen atoms in total. The lowest BCUT2D eigenvalue weighted by Crippen LogP contribution is -2.31. The molecular formula is C12H21NO5S. The third-order valence-corrected chi connectivity index (χ3v) is 3.52. The van der Waals surface area contributed by atoms with Crippen LogP contribution in [-0.4, -0.2) is 25.6 Å². The van der Waals surface area contributed by atoms with E-state index >= 15 is 0 Å². The maximum Gasteiger partial charge on any atom is 0.325 e. The molecule has 2 unspecified atom stereocenters. The zero-order chi connectivity index (χ0) is 14.3. The van der Waals surface area contributed by atoms with Crippen LogP contribution < -0.4 is 0 Å². The third-order valence-electron chi connectivity index (χ3n) is 3.24. The summed E-state index contributed by atoms with van der Waals surface area (Å²) in [6.45, 7) is 2.16. The van der Waals surface area contributed by atoms with Gasteiger partial charge in [-0.25, -0.2) is 0 Å². The Hall–Kier alpha value is -0.790. The van der Waals surface area contributed by atoms with E-state index in [9.17, 15) is 13.8 Å². The molecule has 1 rings (SSSR count). The van der Waals surface area contributed by atoms with Crippen molar-refractivity contribution in [2.45, 2.75) is 58.3 Å². The fourth-order valence-corrected chi connectivity index (χ4v) is 2.49. The van der Waals surface area contributed by atoms with E-state index in [4.69, 9.17) is 4.55 Å². The van der Waals surface area contributed by atoms with Crippen LogP contribution in [0.4, 0.5) is 0 Å². The van der Waals surface area contributed by atoms with Crippen molar-refractivity contribution in [2.24, 2.45) is 5.92 Å². The van der Waals surface area contributed by atoms with Gasteiger partial charge in [-0.2, -0.15) is 4.21 Å². The second-order valence-electron chi connectivity index (χ2n) is 4.78. The summed E-state index contributed by atoms with van der Waals surface area (Å²) >= 11 is -2.64. The molecule has 0 saturated carbocycles. The Balaban J connectivity index is 2.26. The number of hydrogen-bond acceptors (Lipinski definition) is 4. The summed E-state index contributed by atoms with van der Waals surface area (Å²) in [6.07, 6.45) is 7.41. The number of imide groups is 1. The number of rotatable bonds is 9. The number of carbonyl (C=O) groups excluding carboxylic acids is 2. The van der Waals surface area contributed by atoms with E-state index in [1.165, 1.54) is 19.3 Å². The molecule has 1 heterocycles. The number of unbranched alkanes of at least 4 members (excludes halogenated alkanes) is 5. The van der Waals surface area contributed by atoms with Gasteiger partial charge >= 0.3 is 11.4 Å². The molecule has 0 spiro atoms. The first-order valence-corrected chi connectivity index (χ1v) is 7.75. The number of hydroxylamine groups is 2. The van der Waals surface area contributed by atoms with E-state index in [-0.39, 0.29) is 6.42 Å². The van der Waals surface area contributed by atoms with E-state index in [1.807, 2.05) is 0 Å². The van der Waals surface area contributed by atoms with Crippen LogP contribution in [0.15, 0.2) is 0 Å². The van der Waals surface area contributed by atoms with Gasteiger partial charge in [-0.05, 0) is 6.42 Å². The van der Waals surface area contributed by atoms with Crippen LogP contribution in [0.3, 0.4) is 0 Å². The lowest BCUT2D eigenvalue weighted by Gasteiger charge is -2.10. The van der Waals surface area contributed by atoms with Gasteiger partial charge in [0, 0.05) is 12.3 Å². The Bertz CT molecular complexity index is 347. The maximum absolute atomic E-state index is 11.8. The summed E-state index contributed by atoms with van der Waals surface area (Å²) in [6, 6.07) is 0. The number of amides is 2. The largest absolute Gasteiger partial charge is 0.325 e. The second-order valence-corrected chi connectivity index (χ2v) is 5.36. The highest BCUT2D eigenvalue weighted by molar-refractivity contribution is 7.74. The monoisotopic (exact) mass is 291 g/mol. The van der Waals surface area contributed by atoms with Crippen molar-refractivity contribution in [1.82, 2.24) is 5.06 Å². The molecule has 1 aliphatic heterocycles. The van der Waals surface area contributed by atoms with Gasteiger partial charge in [0.05, 0.1) is 0 Å². The van der Waals surface area contributed by atoms with Crippen molar-refractivity contribution in [3.63, 3.8) is 0 Å². The van der Waals surface area contributed by atoms with Crippen LogP contribution in [0, 0.1) is 5.92 Å². The second kappa shape index (κ2) is 8.39. The van der Waals surface area contributed by atoms with Gasteiger partial charge in [0.1, 0.15) is 0 Å². The molecule has 0 radical (unpaired) electrons. The van der Waals surface area contributed by atoms with Crippen molar-refractivity contribution in [3.05, 3.63) is 0 Å². The number of nitrogens with zero attached hydrogens (tertiary/aromatic N) is 1. The summed E-state index contributed by atoms with van der Waals surface area (Å²) in [5.74, 6) is -1.44. The smallest absolute Gasteiger partial charge is 0.282 e. The topological polar surface area (TPSA) is 83.9 Å². The van der Waals surface area contributed by atoms with Crippen LogP contribution in [0.1, 0.15) is 58.3 Å². The first-order valence-electron chi connectivity index (χ1n) is 6.72. The molecule has 1 saturated heterocycles. The molecule has 1 N–H and O–H groups in total. The van der Waals surface area contributed by atoms with Crippen molar-refractivity contribution >= 4 is 23.2 Å². The quantitative estimate of drug-likeness (QED) is 0.400. The number of hydrogen-bond donors (Lipinski definition) is 1. The summed E-state index contributed by atoms with van der Waals surface area (Å²) in [5.41, 5.74) is 0. The fraction of sp³-hybridized carbons (Fsp3) is 0.833. The first kappa shape index (κ1) is 16.3. The maximum atomic E-state index is 11.8. The van der Waals surface area contributed by atoms with Gasteiger partial charge in [-0.15, -0.1) is 9.35 Å². The van der Waals surface area contributed by atoms with Gasteiger partial charge in [0.2, 0.25) is 0 Å². The highest BCUT2D eigenvalue weighted by Gasteiger charge is 2.40. The molecule has 2 atom stereocenters. The first-order chi connectivity index (χ1) is 9.06. The lowest BCUT2D eigenvalue weighted by molar-refractivity contribution is -0.165. The van der Waals surface area contributed by atoms with E-state index in [1.54, 1.807) is 0 Å². The summed E-state index contributed by atoms with van der Waals surface area (Å²) < 4.78 is 23.3. The van der Waals surface area contributed by atoms with Crippen LogP contribution in [-0.2, 0) is 25.2 Å². The fourth-order valence-electron chi connectivity index (χ4n) is 2.21. The van der Waals surface area contributed by atoms with Crippen molar-refractivity contribution < 1.29 is 22.6 Å². The van der Waals surface area contributed by atoms with Crippen molar-refractivity contribution in [1.29, 1.82) is 0 Å². The molecule has 0 aromatic rings. The Labute approximate surface area is 115 Å². The van der Waals surface area contributed by atoms with Crippen LogP contribution in [0.5, 0.6) is 0 Å². The molecule has 0 aromatic heterocycles. The van der Waals surface area contributed by atoms with Crippen LogP contribution in [0.25, 0.3) is 0 Å². The Morgan fingerprint density at radius 1 is 1.26 bits per heavy atom. The predicted molar refractivity (Wildman–Crippen MR) is 69.8 cm³/mol. The van der Waals surface area contributed by atoms with Gasteiger partial charge < -0.3 is 0 Å². The lowest BCUT2D eigenvalue weighted by atomic mass is 9.99. The van der Waals surface area contributed by atoms with Gasteiger partial charge in [-0.3, -0.25) is 14.1 Å². The van der Waals surface area contributed by atoms with Gasteiger partial charge in [0.15, 0.2) is 0 Å². The van der Waals surface area contributed by atoms with Crippen molar-refractivity contribution in [3.8, 4) is 0 Å². The highest BCUT2D eigenvalue weighted by Crippen LogP contribution is 2.25. The molecule has 0 bridgehead atoms. The normalized spacial score (nSPS) is 21.2. The Kier molecular flexibility index (Phi) is 7.19. The molecule has 110 valence electrons. The molecule has 0 aliphatic carbocycles. The van der Waals surface area contributed by atoms with Crippen molar-refractivity contribution in [2.75, 3.05) is 0 Å². The molecule has 1 fully saturated rings. The summed E-state index contributed by atoms with van der Waals surface area (Å²) in [5, 5.41) is 0.428. The average molecular weight is 291 g/mol. The zero-order valence-electron chi connectivity index (χ0n) is 11.2. The van der Waals surface area contributed by atoms with E-state index in [0.717, 1.165) is 19.3 Å². The molecule has 19 heavy (non-hydrogen) atoms. The molecule has 2 amide bonds. The molecule has 0 aromatic carbocycles. The number of carbonyl (C=O) groups is 2.